The summed E-state index contributed by atoms with van der Waals surface area (Å²) >= 11 is 0. The van der Waals surface area contributed by atoms with Crippen molar-refractivity contribution in [3.8, 4) is 0 Å². The average Bonchev–Trinajstić information content (AvgIpc) is 3.00. The minimum atomic E-state index is -1.38. The lowest BCUT2D eigenvalue weighted by Crippen LogP contribution is -2.62. The Morgan fingerprint density at radius 2 is 1.63 bits per heavy atom. The van der Waals surface area contributed by atoms with Crippen molar-refractivity contribution in [3.63, 3.8) is 0 Å². The molecule has 3 saturated carbocycles. The van der Waals surface area contributed by atoms with Gasteiger partial charge >= 0.3 is 0 Å². The lowest BCUT2D eigenvalue weighted by Gasteiger charge is -2.68. The van der Waals surface area contributed by atoms with Gasteiger partial charge in [-0.2, -0.15) is 0 Å². The highest BCUT2D eigenvalue weighted by Gasteiger charge is 2.67. The number of rotatable bonds is 5. The Kier molecular flexibility index (Phi) is 6.53. The third-order valence-corrected chi connectivity index (χ3v) is 11.9. The Hall–Kier alpha value is -0.750. The van der Waals surface area contributed by atoms with Gasteiger partial charge in [-0.05, 0) is 98.4 Å². The van der Waals surface area contributed by atoms with E-state index in [0.717, 1.165) is 37.7 Å². The van der Waals surface area contributed by atoms with Crippen molar-refractivity contribution in [3.05, 3.63) is 11.1 Å². The van der Waals surface area contributed by atoms with E-state index in [0.29, 0.717) is 36.9 Å². The molecule has 0 saturated heterocycles. The van der Waals surface area contributed by atoms with Crippen molar-refractivity contribution in [2.75, 3.05) is 0 Å². The molecule has 200 valence electrons. The molecule has 0 radical (unpaired) electrons. The van der Waals surface area contributed by atoms with E-state index in [4.69, 9.17) is 0 Å². The van der Waals surface area contributed by atoms with Crippen LogP contribution >= 0.6 is 0 Å². The van der Waals surface area contributed by atoms with Crippen molar-refractivity contribution in [1.29, 1.82) is 0 Å². The largest absolute Gasteiger partial charge is 0.390 e. The van der Waals surface area contributed by atoms with E-state index in [1.165, 1.54) is 19.4 Å². The molecule has 0 aromatic rings. The predicted octanol–water partition coefficient (Wildman–Crippen LogP) is 4.79. The molecule has 0 heterocycles. The predicted molar refractivity (Wildman–Crippen MR) is 138 cm³/mol. The first-order valence-corrected chi connectivity index (χ1v) is 13.9. The van der Waals surface area contributed by atoms with Gasteiger partial charge in [0.15, 0.2) is 0 Å². The molecule has 5 nitrogen and oxygen atoms in total. The van der Waals surface area contributed by atoms with Crippen LogP contribution in [0.15, 0.2) is 11.1 Å². The number of Topliss-reactive ketones (excluding diaryl/α,β-unsaturated/α-hetero) is 1. The lowest BCUT2D eigenvalue weighted by molar-refractivity contribution is -0.181. The quantitative estimate of drug-likeness (QED) is 0.415. The van der Waals surface area contributed by atoms with Crippen LogP contribution in [0.4, 0.5) is 0 Å². The summed E-state index contributed by atoms with van der Waals surface area (Å²) in [5.74, 6) is 1.27. The molecule has 3 fully saturated rings. The highest BCUT2D eigenvalue weighted by Crippen LogP contribution is 2.74. The molecule has 35 heavy (non-hydrogen) atoms. The number of aliphatic hydroxyl groups excluding tert-OH is 3. The molecule has 0 amide bonds. The van der Waals surface area contributed by atoms with E-state index in [2.05, 4.69) is 34.6 Å². The van der Waals surface area contributed by atoms with Crippen LogP contribution in [-0.2, 0) is 4.79 Å². The molecule has 4 aliphatic rings. The molecule has 0 aromatic heterocycles. The number of hydrogen-bond acceptors (Lipinski definition) is 5. The SMILES string of the molecule is C[C@H](C[C@H](O)[C@H](O)C(C)(C)O)C1=C2CC[C@@H]3[C@]4(C)CCC(=O)C(C)(C)[C@@H]4CC[C@]3(C)[C@@]2(C)C[C@@H]1O. The first-order valence-electron chi connectivity index (χ1n) is 13.9. The van der Waals surface area contributed by atoms with Gasteiger partial charge in [-0.15, -0.1) is 0 Å². The number of aliphatic hydroxyl groups is 4. The molecular weight excluding hydrogens is 440 g/mol. The highest BCUT2D eigenvalue weighted by atomic mass is 16.4. The van der Waals surface area contributed by atoms with Crippen molar-refractivity contribution in [2.24, 2.45) is 39.4 Å². The van der Waals surface area contributed by atoms with Crippen LogP contribution in [0.25, 0.3) is 0 Å². The van der Waals surface area contributed by atoms with Crippen LogP contribution in [0.2, 0.25) is 0 Å². The average molecular weight is 491 g/mol. The number of fused-ring (bicyclic) bond motifs is 5. The summed E-state index contributed by atoms with van der Waals surface area (Å²) < 4.78 is 0. The Morgan fingerprint density at radius 3 is 2.23 bits per heavy atom. The molecule has 0 aromatic carbocycles. The number of ketones is 1. The second-order valence-corrected chi connectivity index (χ2v) is 14.5. The van der Waals surface area contributed by atoms with Gasteiger partial charge in [0.1, 0.15) is 11.9 Å². The maximum Gasteiger partial charge on any atom is 0.138 e. The van der Waals surface area contributed by atoms with Crippen molar-refractivity contribution in [2.45, 2.75) is 131 Å². The summed E-state index contributed by atoms with van der Waals surface area (Å²) in [4.78, 5) is 12.9. The zero-order chi connectivity index (χ0) is 26.4. The van der Waals surface area contributed by atoms with Crippen LogP contribution < -0.4 is 0 Å². The zero-order valence-corrected chi connectivity index (χ0v) is 23.3. The first kappa shape index (κ1) is 27.3. The summed E-state index contributed by atoms with van der Waals surface area (Å²) in [7, 11) is 0. The van der Waals surface area contributed by atoms with Crippen LogP contribution in [-0.4, -0.2) is 50.1 Å². The Morgan fingerprint density at radius 1 is 1.00 bits per heavy atom. The number of carbonyl (C=O) groups is 1. The van der Waals surface area contributed by atoms with E-state index >= 15 is 0 Å². The molecular formula is C30H50O5. The number of hydrogen-bond donors (Lipinski definition) is 4. The highest BCUT2D eigenvalue weighted by molar-refractivity contribution is 5.85. The maximum atomic E-state index is 12.9. The second kappa shape index (κ2) is 8.38. The monoisotopic (exact) mass is 490 g/mol. The molecule has 0 unspecified atom stereocenters. The first-order chi connectivity index (χ1) is 15.9. The number of carbonyl (C=O) groups excluding carboxylic acids is 1. The second-order valence-electron chi connectivity index (χ2n) is 14.5. The molecule has 4 rings (SSSR count). The standard InChI is InChI=1S/C30H50O5/c1-17(15-19(31)25(34)27(4,5)35)24-18-9-10-22-28(6)13-12-23(33)26(2,3)21(28)11-14-29(22,7)30(18,8)16-20(24)32/h17,19-22,25,31-32,34-35H,9-16H2,1-8H3/t17-,19+,20+,21+,22-,25+,28-,29+,30+/m1/s1. The van der Waals surface area contributed by atoms with E-state index in [1.54, 1.807) is 0 Å². The molecule has 0 spiro atoms. The van der Waals surface area contributed by atoms with E-state index < -0.39 is 23.9 Å². The van der Waals surface area contributed by atoms with Crippen LogP contribution in [0.5, 0.6) is 0 Å². The van der Waals surface area contributed by atoms with Gasteiger partial charge in [0.05, 0.1) is 17.8 Å². The fourth-order valence-electron chi connectivity index (χ4n) is 9.80. The summed E-state index contributed by atoms with van der Waals surface area (Å²) in [6.45, 7) is 16.7. The summed E-state index contributed by atoms with van der Waals surface area (Å²) in [6.07, 6.45) is 4.01. The fourth-order valence-corrected chi connectivity index (χ4v) is 9.80. The molecule has 4 aliphatic carbocycles. The van der Waals surface area contributed by atoms with Gasteiger partial charge in [0.2, 0.25) is 0 Å². The molecule has 0 bridgehead atoms. The van der Waals surface area contributed by atoms with E-state index in [1.807, 2.05) is 6.92 Å². The normalized spacial score (nSPS) is 43.8. The minimum Gasteiger partial charge on any atom is -0.390 e. The summed E-state index contributed by atoms with van der Waals surface area (Å²) in [5.41, 5.74) is 0.848. The van der Waals surface area contributed by atoms with Gasteiger partial charge in [-0.3, -0.25) is 4.79 Å². The van der Waals surface area contributed by atoms with Gasteiger partial charge in [0.25, 0.3) is 0 Å². The minimum absolute atomic E-state index is 0.0516. The Bertz CT molecular complexity index is 899. The molecule has 5 heteroatoms. The topological polar surface area (TPSA) is 98.0 Å². The van der Waals surface area contributed by atoms with Gasteiger partial charge in [-0.25, -0.2) is 0 Å². The van der Waals surface area contributed by atoms with Crippen LogP contribution in [0.3, 0.4) is 0 Å². The smallest absolute Gasteiger partial charge is 0.138 e. The lowest BCUT2D eigenvalue weighted by atomic mass is 9.36. The molecule has 0 aliphatic heterocycles. The Balaban J connectivity index is 1.67. The van der Waals surface area contributed by atoms with E-state index in [9.17, 15) is 25.2 Å². The number of allylic oxidation sites excluding steroid dienone is 1. The van der Waals surface area contributed by atoms with Gasteiger partial charge in [0, 0.05) is 11.8 Å². The zero-order valence-electron chi connectivity index (χ0n) is 23.3. The molecule has 9 atom stereocenters. The van der Waals surface area contributed by atoms with Crippen LogP contribution in [0.1, 0.15) is 107 Å². The van der Waals surface area contributed by atoms with Gasteiger partial charge < -0.3 is 20.4 Å². The maximum absolute atomic E-state index is 12.9. The summed E-state index contributed by atoms with van der Waals surface area (Å²) in [6, 6.07) is 0. The van der Waals surface area contributed by atoms with Crippen molar-refractivity contribution >= 4 is 5.78 Å². The fraction of sp³-hybridized carbons (Fsp3) is 0.900. The van der Waals surface area contributed by atoms with Crippen LogP contribution in [0, 0.1) is 39.4 Å². The molecule has 4 N–H and O–H groups in total. The van der Waals surface area contributed by atoms with Gasteiger partial charge in [-0.1, -0.05) is 47.1 Å². The van der Waals surface area contributed by atoms with Crippen molar-refractivity contribution < 1.29 is 25.2 Å². The third-order valence-electron chi connectivity index (χ3n) is 11.9. The Labute approximate surface area is 212 Å². The third kappa shape index (κ3) is 3.82. The summed E-state index contributed by atoms with van der Waals surface area (Å²) in [5, 5.41) is 42.6. The van der Waals surface area contributed by atoms with Crippen molar-refractivity contribution in [1.82, 2.24) is 0 Å². The van der Waals surface area contributed by atoms with E-state index in [-0.39, 0.29) is 27.6 Å².